The Morgan fingerprint density at radius 2 is 2.07 bits per heavy atom. The lowest BCUT2D eigenvalue weighted by molar-refractivity contribution is -0.145. The highest BCUT2D eigenvalue weighted by molar-refractivity contribution is 5.74. The van der Waals surface area contributed by atoms with Gasteiger partial charge in [0.15, 0.2) is 11.7 Å². The van der Waals surface area contributed by atoms with Crippen LogP contribution in [-0.4, -0.2) is 40.4 Å². The number of para-hydroxylation sites is 2. The highest BCUT2D eigenvalue weighted by atomic mass is 16.5. The summed E-state index contributed by atoms with van der Waals surface area (Å²) in [5.41, 5.74) is 2.41. The number of aliphatic carboxylic acids is 1. The van der Waals surface area contributed by atoms with Crippen molar-refractivity contribution in [2.24, 2.45) is 0 Å². The van der Waals surface area contributed by atoms with Gasteiger partial charge in [0.25, 0.3) is 6.01 Å². The molecule has 2 aromatic carbocycles. The minimum absolute atomic E-state index is 0.0661. The van der Waals surface area contributed by atoms with E-state index in [-0.39, 0.29) is 6.61 Å². The lowest BCUT2D eigenvalue weighted by atomic mass is 10.2. The predicted molar refractivity (Wildman–Crippen MR) is 106 cm³/mol. The SMILES string of the molecule is CC[C@@H](Oc1cccc(CN(CCCO)c2nc3ccccc3o2)c1)C(=O)O. The molecule has 0 saturated carbocycles. The maximum Gasteiger partial charge on any atom is 0.344 e. The molecule has 1 heterocycles. The second-order valence-electron chi connectivity index (χ2n) is 6.46. The average Bonchev–Trinajstić information content (AvgIpc) is 3.13. The number of aromatic nitrogens is 1. The van der Waals surface area contributed by atoms with Crippen molar-refractivity contribution in [3.63, 3.8) is 0 Å². The van der Waals surface area contributed by atoms with Crippen LogP contribution in [0.3, 0.4) is 0 Å². The zero-order valence-electron chi connectivity index (χ0n) is 15.7. The number of ether oxygens (including phenoxy) is 1. The number of fused-ring (bicyclic) bond motifs is 1. The summed E-state index contributed by atoms with van der Waals surface area (Å²) >= 11 is 0. The standard InChI is InChI=1S/C21H24N2O5/c1-2-18(20(25)26)27-16-8-5-7-15(13-16)14-23(11-6-12-24)21-22-17-9-3-4-10-19(17)28-21/h3-5,7-10,13,18,24H,2,6,11-12,14H2,1H3,(H,25,26)/t18-/m1/s1. The minimum atomic E-state index is -0.982. The molecular weight excluding hydrogens is 360 g/mol. The number of hydrogen-bond acceptors (Lipinski definition) is 6. The molecule has 0 fully saturated rings. The highest BCUT2D eigenvalue weighted by Crippen LogP contribution is 2.24. The molecule has 148 valence electrons. The lowest BCUT2D eigenvalue weighted by Crippen LogP contribution is -2.26. The first-order chi connectivity index (χ1) is 13.6. The molecule has 1 aromatic heterocycles. The van der Waals surface area contributed by atoms with Gasteiger partial charge in [-0.15, -0.1) is 0 Å². The molecule has 0 aliphatic carbocycles. The van der Waals surface area contributed by atoms with Gasteiger partial charge in [0.05, 0.1) is 0 Å². The number of carboxylic acid groups (broad SMARTS) is 1. The van der Waals surface area contributed by atoms with Crippen LogP contribution in [0, 0.1) is 0 Å². The van der Waals surface area contributed by atoms with Gasteiger partial charge in [-0.25, -0.2) is 4.79 Å². The van der Waals surface area contributed by atoms with Crippen molar-refractivity contribution in [1.29, 1.82) is 0 Å². The van der Waals surface area contributed by atoms with Crippen molar-refractivity contribution in [1.82, 2.24) is 4.98 Å². The topological polar surface area (TPSA) is 96.0 Å². The van der Waals surface area contributed by atoms with E-state index in [1.807, 2.05) is 47.4 Å². The van der Waals surface area contributed by atoms with Crippen LogP contribution in [0.15, 0.2) is 52.9 Å². The van der Waals surface area contributed by atoms with E-state index < -0.39 is 12.1 Å². The Morgan fingerprint density at radius 3 is 2.79 bits per heavy atom. The highest BCUT2D eigenvalue weighted by Gasteiger charge is 2.18. The van der Waals surface area contributed by atoms with Gasteiger partial charge < -0.3 is 24.3 Å². The summed E-state index contributed by atoms with van der Waals surface area (Å²) < 4.78 is 11.5. The molecule has 3 rings (SSSR count). The van der Waals surface area contributed by atoms with Crippen molar-refractivity contribution in [2.45, 2.75) is 32.4 Å². The summed E-state index contributed by atoms with van der Waals surface area (Å²) in [6.07, 6.45) is 0.0782. The molecule has 0 aliphatic heterocycles. The summed E-state index contributed by atoms with van der Waals surface area (Å²) in [5.74, 6) is -0.477. The van der Waals surface area contributed by atoms with Gasteiger partial charge in [-0.3, -0.25) is 0 Å². The van der Waals surface area contributed by atoms with Crippen molar-refractivity contribution >= 4 is 23.1 Å². The van der Waals surface area contributed by atoms with E-state index in [2.05, 4.69) is 4.98 Å². The number of benzene rings is 2. The van der Waals surface area contributed by atoms with Gasteiger partial charge in [-0.2, -0.15) is 4.98 Å². The molecule has 3 aromatic rings. The molecule has 1 atom stereocenters. The first-order valence-corrected chi connectivity index (χ1v) is 9.30. The Labute approximate surface area is 163 Å². The first-order valence-electron chi connectivity index (χ1n) is 9.30. The summed E-state index contributed by atoms with van der Waals surface area (Å²) in [6.45, 7) is 2.90. The van der Waals surface area contributed by atoms with Gasteiger partial charge in [-0.1, -0.05) is 31.2 Å². The first kappa shape index (κ1) is 19.7. The molecule has 2 N–H and O–H groups in total. The smallest absolute Gasteiger partial charge is 0.344 e. The Balaban J connectivity index is 1.80. The largest absolute Gasteiger partial charge is 0.479 e. The third-order valence-corrected chi connectivity index (χ3v) is 4.34. The predicted octanol–water partition coefficient (Wildman–Crippen LogP) is 3.46. The number of nitrogens with zero attached hydrogens (tertiary/aromatic N) is 2. The third kappa shape index (κ3) is 4.80. The molecule has 7 nitrogen and oxygen atoms in total. The molecule has 0 unspecified atom stereocenters. The Bertz CT molecular complexity index is 891. The fourth-order valence-corrected chi connectivity index (χ4v) is 2.91. The van der Waals surface area contributed by atoms with Crippen LogP contribution in [0.5, 0.6) is 5.75 Å². The maximum atomic E-state index is 11.2. The van der Waals surface area contributed by atoms with Crippen molar-refractivity contribution in [3.8, 4) is 5.75 Å². The van der Waals surface area contributed by atoms with E-state index in [9.17, 15) is 15.0 Å². The van der Waals surface area contributed by atoms with Crippen LogP contribution in [0.25, 0.3) is 11.1 Å². The summed E-state index contributed by atoms with van der Waals surface area (Å²) in [4.78, 5) is 17.7. The number of hydrogen-bond donors (Lipinski definition) is 2. The van der Waals surface area contributed by atoms with Crippen LogP contribution in [0.1, 0.15) is 25.3 Å². The zero-order valence-corrected chi connectivity index (χ0v) is 15.7. The second kappa shape index (κ2) is 9.23. The number of anilines is 1. The summed E-state index contributed by atoms with van der Waals surface area (Å²) in [7, 11) is 0. The van der Waals surface area contributed by atoms with Gasteiger partial charge in [0.2, 0.25) is 0 Å². The molecule has 28 heavy (non-hydrogen) atoms. The van der Waals surface area contributed by atoms with Crippen LogP contribution in [0.4, 0.5) is 6.01 Å². The van der Waals surface area contributed by atoms with E-state index in [1.54, 1.807) is 13.0 Å². The van der Waals surface area contributed by atoms with E-state index in [0.717, 1.165) is 11.1 Å². The number of carbonyl (C=O) groups is 1. The average molecular weight is 384 g/mol. The fourth-order valence-electron chi connectivity index (χ4n) is 2.91. The Morgan fingerprint density at radius 1 is 1.25 bits per heavy atom. The molecule has 0 bridgehead atoms. The molecule has 0 amide bonds. The normalized spacial score (nSPS) is 12.1. The molecule has 0 saturated heterocycles. The van der Waals surface area contributed by atoms with Crippen molar-refractivity contribution in [3.05, 3.63) is 54.1 Å². The summed E-state index contributed by atoms with van der Waals surface area (Å²) in [6, 6.07) is 15.4. The molecule has 0 radical (unpaired) electrons. The number of carboxylic acids is 1. The molecule has 0 spiro atoms. The van der Waals surface area contributed by atoms with Crippen LogP contribution in [0.2, 0.25) is 0 Å². The Hall–Kier alpha value is -3.06. The van der Waals surface area contributed by atoms with Crippen molar-refractivity contribution < 1.29 is 24.2 Å². The second-order valence-corrected chi connectivity index (χ2v) is 6.46. The van der Waals surface area contributed by atoms with Gasteiger partial charge in [-0.05, 0) is 42.7 Å². The van der Waals surface area contributed by atoms with E-state index >= 15 is 0 Å². The van der Waals surface area contributed by atoms with E-state index in [1.165, 1.54) is 0 Å². The molecular formula is C21H24N2O5. The maximum absolute atomic E-state index is 11.2. The third-order valence-electron chi connectivity index (χ3n) is 4.34. The zero-order chi connectivity index (χ0) is 19.9. The van der Waals surface area contributed by atoms with Crippen LogP contribution < -0.4 is 9.64 Å². The number of aliphatic hydroxyl groups is 1. The van der Waals surface area contributed by atoms with Gasteiger partial charge in [0.1, 0.15) is 11.3 Å². The molecule has 7 heteroatoms. The molecule has 0 aliphatic rings. The van der Waals surface area contributed by atoms with Crippen molar-refractivity contribution in [2.75, 3.05) is 18.1 Å². The fraction of sp³-hybridized carbons (Fsp3) is 0.333. The monoisotopic (exact) mass is 384 g/mol. The van der Waals surface area contributed by atoms with Crippen LogP contribution in [-0.2, 0) is 11.3 Å². The van der Waals surface area contributed by atoms with Crippen LogP contribution >= 0.6 is 0 Å². The number of aliphatic hydroxyl groups excluding tert-OH is 1. The van der Waals surface area contributed by atoms with E-state index in [4.69, 9.17) is 9.15 Å². The number of rotatable bonds is 10. The lowest BCUT2D eigenvalue weighted by Gasteiger charge is -2.21. The quantitative estimate of drug-likeness (QED) is 0.552. The minimum Gasteiger partial charge on any atom is -0.479 e. The van der Waals surface area contributed by atoms with E-state index in [0.29, 0.717) is 43.3 Å². The summed E-state index contributed by atoms with van der Waals surface area (Å²) in [5, 5.41) is 18.4. The Kier molecular flexibility index (Phi) is 6.49. The number of oxazole rings is 1. The van der Waals surface area contributed by atoms with Gasteiger partial charge in [0, 0.05) is 19.7 Å². The van der Waals surface area contributed by atoms with Gasteiger partial charge >= 0.3 is 5.97 Å².